The van der Waals surface area contributed by atoms with Crippen molar-refractivity contribution < 1.29 is 0 Å². The molecule has 21 heavy (non-hydrogen) atoms. The summed E-state index contributed by atoms with van der Waals surface area (Å²) in [6.07, 6.45) is 4.95. The Labute approximate surface area is 126 Å². The number of fused-ring (bicyclic) bond motifs is 1. The molecule has 0 bridgehead atoms. The van der Waals surface area contributed by atoms with Gasteiger partial charge < -0.3 is 10.2 Å². The highest BCUT2D eigenvalue weighted by molar-refractivity contribution is 5.56. The van der Waals surface area contributed by atoms with E-state index in [9.17, 15) is 0 Å². The first-order valence-electron chi connectivity index (χ1n) is 8.07. The largest absolute Gasteiger partial charge is 0.382 e. The van der Waals surface area contributed by atoms with E-state index in [1.54, 1.807) is 0 Å². The molecular weight excluding hydrogens is 256 g/mol. The monoisotopic (exact) mass is 278 g/mol. The Morgan fingerprint density at radius 1 is 0.810 bits per heavy atom. The predicted molar refractivity (Wildman–Crippen MR) is 89.1 cm³/mol. The molecule has 1 saturated heterocycles. The average molecular weight is 278 g/mol. The van der Waals surface area contributed by atoms with Crippen molar-refractivity contribution in [2.75, 3.05) is 23.3 Å². The molecule has 1 heterocycles. The summed E-state index contributed by atoms with van der Waals surface area (Å²) in [6, 6.07) is 18.3. The van der Waals surface area contributed by atoms with Crippen LogP contribution in [0.2, 0.25) is 0 Å². The fourth-order valence-electron chi connectivity index (χ4n) is 3.64. The summed E-state index contributed by atoms with van der Waals surface area (Å²) in [7, 11) is 0. The second-order valence-electron chi connectivity index (χ2n) is 6.26. The van der Waals surface area contributed by atoms with Crippen molar-refractivity contribution in [2.24, 2.45) is 0 Å². The maximum Gasteiger partial charge on any atom is 0.0367 e. The molecule has 0 unspecified atom stereocenters. The van der Waals surface area contributed by atoms with Gasteiger partial charge in [0.05, 0.1) is 0 Å². The molecule has 1 N–H and O–H groups in total. The van der Waals surface area contributed by atoms with Crippen LogP contribution in [0, 0.1) is 0 Å². The minimum atomic E-state index is 0.542. The minimum absolute atomic E-state index is 0.542. The lowest BCUT2D eigenvalue weighted by Gasteiger charge is -2.19. The molecule has 0 atom stereocenters. The first kappa shape index (κ1) is 12.8. The van der Waals surface area contributed by atoms with Crippen molar-refractivity contribution in [3.63, 3.8) is 0 Å². The first-order valence-corrected chi connectivity index (χ1v) is 8.07. The summed E-state index contributed by atoms with van der Waals surface area (Å²) >= 11 is 0. The molecule has 0 radical (unpaired) electrons. The molecule has 2 nitrogen and oxygen atoms in total. The van der Waals surface area contributed by atoms with E-state index < -0.39 is 0 Å². The van der Waals surface area contributed by atoms with Crippen molar-refractivity contribution in [1.82, 2.24) is 0 Å². The smallest absolute Gasteiger partial charge is 0.0367 e. The summed E-state index contributed by atoms with van der Waals surface area (Å²) in [5.41, 5.74) is 5.62. The molecule has 0 amide bonds. The van der Waals surface area contributed by atoms with Gasteiger partial charge in [-0.1, -0.05) is 24.3 Å². The van der Waals surface area contributed by atoms with E-state index in [1.807, 2.05) is 0 Å². The molecule has 2 aromatic carbocycles. The summed E-state index contributed by atoms with van der Waals surface area (Å²) in [6.45, 7) is 2.43. The van der Waals surface area contributed by atoms with Crippen LogP contribution in [0.4, 0.5) is 11.4 Å². The highest BCUT2D eigenvalue weighted by atomic mass is 15.1. The topological polar surface area (TPSA) is 15.3 Å². The van der Waals surface area contributed by atoms with Crippen molar-refractivity contribution in [2.45, 2.75) is 31.7 Å². The normalized spacial score (nSPS) is 18.0. The van der Waals surface area contributed by atoms with E-state index in [1.165, 1.54) is 48.4 Å². The molecular formula is C19H22N2. The van der Waals surface area contributed by atoms with Crippen molar-refractivity contribution in [1.29, 1.82) is 0 Å². The summed E-state index contributed by atoms with van der Waals surface area (Å²) in [5.74, 6) is 0. The minimum Gasteiger partial charge on any atom is -0.382 e. The second kappa shape index (κ2) is 5.44. The molecule has 0 aromatic heterocycles. The lowest BCUT2D eigenvalue weighted by atomic mass is 10.1. The average Bonchev–Trinajstić information content (AvgIpc) is 3.17. The van der Waals surface area contributed by atoms with Gasteiger partial charge in [0.1, 0.15) is 0 Å². The quantitative estimate of drug-likeness (QED) is 0.917. The SMILES string of the molecule is c1ccc2c(c1)CC(Nc1ccc(N3CCCC3)cc1)C2. The maximum absolute atomic E-state index is 3.69. The van der Waals surface area contributed by atoms with E-state index in [4.69, 9.17) is 0 Å². The third kappa shape index (κ3) is 2.63. The molecule has 1 aliphatic heterocycles. The second-order valence-corrected chi connectivity index (χ2v) is 6.26. The van der Waals surface area contributed by atoms with Crippen molar-refractivity contribution in [3.05, 3.63) is 59.7 Å². The van der Waals surface area contributed by atoms with Crippen LogP contribution < -0.4 is 10.2 Å². The van der Waals surface area contributed by atoms with Gasteiger partial charge in [-0.15, -0.1) is 0 Å². The number of hydrogen-bond acceptors (Lipinski definition) is 2. The van der Waals surface area contributed by atoms with E-state index in [0.717, 1.165) is 12.8 Å². The molecule has 1 fully saturated rings. The fraction of sp³-hybridized carbons (Fsp3) is 0.368. The Morgan fingerprint density at radius 2 is 1.43 bits per heavy atom. The van der Waals surface area contributed by atoms with Crippen LogP contribution in [-0.2, 0) is 12.8 Å². The Kier molecular flexibility index (Phi) is 3.30. The van der Waals surface area contributed by atoms with E-state index in [2.05, 4.69) is 58.7 Å². The van der Waals surface area contributed by atoms with Gasteiger partial charge in [0.25, 0.3) is 0 Å². The molecule has 1 aliphatic carbocycles. The molecule has 2 aromatic rings. The fourth-order valence-corrected chi connectivity index (χ4v) is 3.64. The molecule has 2 aliphatic rings. The van der Waals surface area contributed by atoms with Gasteiger partial charge >= 0.3 is 0 Å². The van der Waals surface area contributed by atoms with Crippen LogP contribution in [0.25, 0.3) is 0 Å². The lowest BCUT2D eigenvalue weighted by Crippen LogP contribution is -2.20. The summed E-state index contributed by atoms with van der Waals surface area (Å²) in [5, 5.41) is 3.69. The highest BCUT2D eigenvalue weighted by Gasteiger charge is 2.20. The number of hydrogen-bond donors (Lipinski definition) is 1. The van der Waals surface area contributed by atoms with Crippen molar-refractivity contribution in [3.8, 4) is 0 Å². The molecule has 0 spiro atoms. The third-order valence-electron chi connectivity index (χ3n) is 4.76. The van der Waals surface area contributed by atoms with Crippen LogP contribution in [0.1, 0.15) is 24.0 Å². The van der Waals surface area contributed by atoms with Crippen LogP contribution in [0.3, 0.4) is 0 Å². The number of rotatable bonds is 3. The van der Waals surface area contributed by atoms with Gasteiger partial charge in [-0.05, 0) is 61.1 Å². The Balaban J connectivity index is 1.42. The van der Waals surface area contributed by atoms with Crippen LogP contribution in [0.5, 0.6) is 0 Å². The number of benzene rings is 2. The number of anilines is 2. The molecule has 108 valence electrons. The Bertz CT molecular complexity index is 587. The molecule has 2 heteroatoms. The lowest BCUT2D eigenvalue weighted by molar-refractivity contribution is 0.774. The van der Waals surface area contributed by atoms with Gasteiger partial charge in [-0.2, -0.15) is 0 Å². The van der Waals surface area contributed by atoms with Gasteiger partial charge in [0, 0.05) is 30.5 Å². The van der Waals surface area contributed by atoms with Crippen LogP contribution in [-0.4, -0.2) is 19.1 Å². The summed E-state index contributed by atoms with van der Waals surface area (Å²) in [4.78, 5) is 2.48. The zero-order chi connectivity index (χ0) is 14.1. The first-order chi connectivity index (χ1) is 10.4. The van der Waals surface area contributed by atoms with E-state index >= 15 is 0 Å². The van der Waals surface area contributed by atoms with Crippen molar-refractivity contribution >= 4 is 11.4 Å². The molecule has 4 rings (SSSR count). The number of nitrogens with zero attached hydrogens (tertiary/aromatic N) is 1. The van der Waals surface area contributed by atoms with Gasteiger partial charge in [-0.25, -0.2) is 0 Å². The summed E-state index contributed by atoms with van der Waals surface area (Å²) < 4.78 is 0. The van der Waals surface area contributed by atoms with Crippen LogP contribution >= 0.6 is 0 Å². The predicted octanol–water partition coefficient (Wildman–Crippen LogP) is 3.87. The highest BCUT2D eigenvalue weighted by Crippen LogP contribution is 2.26. The van der Waals surface area contributed by atoms with E-state index in [-0.39, 0.29) is 0 Å². The van der Waals surface area contributed by atoms with Gasteiger partial charge in [-0.3, -0.25) is 0 Å². The van der Waals surface area contributed by atoms with Gasteiger partial charge in [0.15, 0.2) is 0 Å². The maximum atomic E-state index is 3.69. The van der Waals surface area contributed by atoms with Crippen LogP contribution in [0.15, 0.2) is 48.5 Å². The standard InChI is InChI=1S/C19H22N2/c1-2-6-16-14-18(13-15(16)5-1)20-17-7-9-19(10-8-17)21-11-3-4-12-21/h1-2,5-10,18,20H,3-4,11-14H2. The zero-order valence-corrected chi connectivity index (χ0v) is 12.4. The van der Waals surface area contributed by atoms with E-state index in [0.29, 0.717) is 6.04 Å². The van der Waals surface area contributed by atoms with Gasteiger partial charge in [0.2, 0.25) is 0 Å². The third-order valence-corrected chi connectivity index (χ3v) is 4.76. The molecule has 0 saturated carbocycles. The number of nitrogens with one attached hydrogen (secondary N) is 1. The Hall–Kier alpha value is -1.96. The Morgan fingerprint density at radius 3 is 2.05 bits per heavy atom. The zero-order valence-electron chi connectivity index (χ0n) is 12.4.